The molecule has 7 heterocycles. The van der Waals surface area contributed by atoms with Crippen LogP contribution in [0.2, 0.25) is 0 Å². The van der Waals surface area contributed by atoms with Crippen molar-refractivity contribution in [3.8, 4) is 5.69 Å². The maximum atomic E-state index is 16.1. The number of piperidine rings is 2. The second kappa shape index (κ2) is 19.1. The fourth-order valence-corrected chi connectivity index (χ4v) is 10.6. The zero-order valence-electron chi connectivity index (χ0n) is 38.9. The number of carbonyl (C=O) groups excluding carboxylic acids is 3. The normalized spacial score (nSPS) is 20.5. The van der Waals surface area contributed by atoms with Gasteiger partial charge in [0.05, 0.1) is 11.4 Å². The molecule has 2 aromatic carbocycles. The van der Waals surface area contributed by atoms with Crippen molar-refractivity contribution in [2.75, 3.05) is 74.9 Å². The number of hydrogen-bond acceptors (Lipinski definition) is 10. The molecule has 3 saturated heterocycles. The quantitative estimate of drug-likeness (QED) is 0.126. The van der Waals surface area contributed by atoms with Crippen LogP contribution in [0.1, 0.15) is 79.2 Å². The third kappa shape index (κ3) is 9.33. The number of nitrogens with zero attached hydrogens (tertiary/aromatic N) is 7. The van der Waals surface area contributed by atoms with Gasteiger partial charge in [-0.15, -0.1) is 0 Å². The van der Waals surface area contributed by atoms with Crippen LogP contribution in [-0.2, 0) is 16.6 Å². The van der Waals surface area contributed by atoms with Crippen molar-refractivity contribution in [2.24, 2.45) is 13.0 Å². The van der Waals surface area contributed by atoms with Crippen molar-refractivity contribution in [1.29, 1.82) is 0 Å². The molecular formula is C51H60F2N10O4. The van der Waals surface area contributed by atoms with Crippen LogP contribution < -0.4 is 26.4 Å². The molecule has 9 rings (SSSR count). The van der Waals surface area contributed by atoms with Crippen LogP contribution in [0.5, 0.6) is 0 Å². The number of benzene rings is 2. The largest absolute Gasteiger partial charge is 0.388 e. The smallest absolute Gasteiger partial charge is 0.257 e. The Morgan fingerprint density at radius 2 is 1.72 bits per heavy atom. The molecule has 4 aliphatic heterocycles. The number of rotatable bonds is 11. The number of halogens is 2. The maximum Gasteiger partial charge on any atom is 0.257 e. The van der Waals surface area contributed by atoms with Crippen molar-refractivity contribution < 1.29 is 23.2 Å². The van der Waals surface area contributed by atoms with E-state index in [-0.39, 0.29) is 47.5 Å². The number of amides is 3. The molecule has 16 heteroatoms. The molecule has 3 N–H and O–H groups in total. The lowest BCUT2D eigenvalue weighted by atomic mass is 9.92. The molecule has 0 aliphatic carbocycles. The van der Waals surface area contributed by atoms with Gasteiger partial charge in [0, 0.05) is 137 Å². The average Bonchev–Trinajstić information content (AvgIpc) is 3.66. The highest BCUT2D eigenvalue weighted by Gasteiger charge is 2.32. The first-order valence-electron chi connectivity index (χ1n) is 23.5. The number of pyridine rings is 2. The van der Waals surface area contributed by atoms with Crippen LogP contribution in [-0.4, -0.2) is 118 Å². The Morgan fingerprint density at radius 3 is 2.40 bits per heavy atom. The van der Waals surface area contributed by atoms with E-state index >= 15 is 8.78 Å². The number of fused-ring (bicyclic) bond motifs is 1. The molecule has 67 heavy (non-hydrogen) atoms. The van der Waals surface area contributed by atoms with E-state index in [1.807, 2.05) is 37.1 Å². The summed E-state index contributed by atoms with van der Waals surface area (Å²) in [5, 5.41) is 9.29. The van der Waals surface area contributed by atoms with Gasteiger partial charge in [0.2, 0.25) is 11.8 Å². The summed E-state index contributed by atoms with van der Waals surface area (Å²) in [6, 6.07) is 15.3. The molecule has 3 fully saturated rings. The van der Waals surface area contributed by atoms with Gasteiger partial charge >= 0.3 is 0 Å². The van der Waals surface area contributed by atoms with Gasteiger partial charge in [0.15, 0.2) is 0 Å². The van der Waals surface area contributed by atoms with E-state index in [4.69, 9.17) is 0 Å². The van der Waals surface area contributed by atoms with Crippen LogP contribution in [0.25, 0.3) is 22.3 Å². The first kappa shape index (κ1) is 45.8. The number of hydrogen-bond donors (Lipinski definition) is 3. The third-order valence-electron chi connectivity index (χ3n) is 14.5. The third-order valence-corrected chi connectivity index (χ3v) is 14.5. The van der Waals surface area contributed by atoms with Gasteiger partial charge in [0.25, 0.3) is 11.5 Å². The van der Waals surface area contributed by atoms with Gasteiger partial charge < -0.3 is 25.0 Å². The molecule has 0 radical (unpaired) electrons. The number of anilines is 3. The lowest BCUT2D eigenvalue weighted by Crippen LogP contribution is -2.54. The number of aromatic nitrogens is 3. The van der Waals surface area contributed by atoms with E-state index in [9.17, 15) is 19.2 Å². The monoisotopic (exact) mass is 914 g/mol. The summed E-state index contributed by atoms with van der Waals surface area (Å²) < 4.78 is 35.2. The van der Waals surface area contributed by atoms with Crippen molar-refractivity contribution in [2.45, 2.75) is 71.0 Å². The molecule has 3 aromatic heterocycles. The van der Waals surface area contributed by atoms with E-state index in [1.165, 1.54) is 12.1 Å². The Morgan fingerprint density at radius 1 is 0.910 bits per heavy atom. The standard InChI is InChI=1S/C51H60F2N10O4/c1-31-24-36(25-41(53)48(31)35-13-19-59(20-14-35)33(3)45-28-39-43(10-16-55-49(39)58(45)5)63-21-15-37(54-4)27-47(63)65)51(67)60-17-11-34(12-18-60)30-61-22-23-62(29-32(61)2)44-8-6-38(26-40(44)52)56-42-7-9-46(64)57-50(42)66/h6,8,10,13,15-16,21,24-28,32-34,42,54,56H,7,9,11-12,14,17-20,22-23,29-30H2,1-5H3,(H,57,64,66)/t32-,33+,42+/m1/s1. The molecule has 3 atom stereocenters. The minimum absolute atomic E-state index is 0.0251. The second-order valence-corrected chi connectivity index (χ2v) is 18.7. The number of piperazine rings is 1. The average molecular weight is 915 g/mol. The van der Waals surface area contributed by atoms with Gasteiger partial charge in [-0.05, 0) is 112 Å². The molecule has 3 amide bonds. The minimum atomic E-state index is -0.576. The predicted molar refractivity (Wildman–Crippen MR) is 258 cm³/mol. The molecule has 4 aliphatic rings. The molecular weight excluding hydrogens is 855 g/mol. The lowest BCUT2D eigenvalue weighted by molar-refractivity contribution is -0.133. The maximum absolute atomic E-state index is 16.1. The zero-order chi connectivity index (χ0) is 47.1. The predicted octanol–water partition coefficient (Wildman–Crippen LogP) is 6.48. The van der Waals surface area contributed by atoms with Gasteiger partial charge in [-0.1, -0.05) is 6.08 Å². The Hall–Kier alpha value is -6.39. The van der Waals surface area contributed by atoms with E-state index in [0.29, 0.717) is 74.0 Å². The number of likely N-dealkylation sites (tertiary alicyclic amines) is 1. The molecule has 0 unspecified atom stereocenters. The fourth-order valence-electron chi connectivity index (χ4n) is 10.6. The first-order chi connectivity index (χ1) is 32.3. The van der Waals surface area contributed by atoms with Crippen LogP contribution in [0, 0.1) is 24.5 Å². The Bertz CT molecular complexity index is 2790. The number of nitrogens with one attached hydrogen (secondary N) is 3. The Kier molecular flexibility index (Phi) is 13.0. The highest BCUT2D eigenvalue weighted by molar-refractivity contribution is 6.01. The van der Waals surface area contributed by atoms with E-state index in [2.05, 4.69) is 66.2 Å². The summed E-state index contributed by atoms with van der Waals surface area (Å²) in [7, 11) is 3.78. The van der Waals surface area contributed by atoms with Crippen LogP contribution in [0.15, 0.2) is 77.9 Å². The van der Waals surface area contributed by atoms with E-state index in [0.717, 1.165) is 71.7 Å². The summed E-state index contributed by atoms with van der Waals surface area (Å²) in [4.78, 5) is 63.9. The summed E-state index contributed by atoms with van der Waals surface area (Å²) >= 11 is 0. The van der Waals surface area contributed by atoms with Crippen LogP contribution >= 0.6 is 0 Å². The SMILES string of the molecule is CNc1ccn(-c2ccnc3c2cc([C@H](C)N2CC=C(c4c(C)cc(C(=O)N5CCC(CN6CCN(c7ccc(N[C@H]8CCC(=O)NC8=O)cc7F)C[C@H]6C)CC5)cc4F)CC2)n3C)c(=O)c1. The van der Waals surface area contributed by atoms with Crippen molar-refractivity contribution >= 4 is 51.4 Å². The molecule has 5 aromatic rings. The molecule has 352 valence electrons. The van der Waals surface area contributed by atoms with Crippen LogP contribution in [0.4, 0.5) is 25.8 Å². The topological polar surface area (TPSA) is 140 Å². The van der Waals surface area contributed by atoms with Gasteiger partial charge in [-0.2, -0.15) is 0 Å². The fraction of sp³-hybridized carbons (Fsp3) is 0.431. The van der Waals surface area contributed by atoms with Crippen molar-refractivity contribution in [3.05, 3.63) is 117 Å². The van der Waals surface area contributed by atoms with E-state index in [1.54, 1.807) is 42.2 Å². The molecule has 0 bridgehead atoms. The van der Waals surface area contributed by atoms with Crippen molar-refractivity contribution in [3.63, 3.8) is 0 Å². The van der Waals surface area contributed by atoms with Gasteiger partial charge in [-0.25, -0.2) is 13.8 Å². The zero-order valence-corrected chi connectivity index (χ0v) is 38.9. The Balaban J connectivity index is 0.773. The Labute approximate surface area is 389 Å². The molecule has 0 saturated carbocycles. The van der Waals surface area contributed by atoms with E-state index < -0.39 is 11.9 Å². The summed E-state index contributed by atoms with van der Waals surface area (Å²) in [6.45, 7) is 11.8. The summed E-state index contributed by atoms with van der Waals surface area (Å²) in [5.74, 6) is -1.14. The van der Waals surface area contributed by atoms with Crippen LogP contribution in [0.3, 0.4) is 0 Å². The van der Waals surface area contributed by atoms with Gasteiger partial charge in [-0.3, -0.25) is 38.9 Å². The number of aryl methyl sites for hydroxylation is 2. The van der Waals surface area contributed by atoms with Gasteiger partial charge in [0.1, 0.15) is 23.3 Å². The molecule has 14 nitrogen and oxygen atoms in total. The lowest BCUT2D eigenvalue weighted by Gasteiger charge is -2.43. The summed E-state index contributed by atoms with van der Waals surface area (Å²) in [5.41, 5.74) is 6.93. The minimum Gasteiger partial charge on any atom is -0.388 e. The second-order valence-electron chi connectivity index (χ2n) is 18.7. The highest BCUT2D eigenvalue weighted by atomic mass is 19.1. The first-order valence-corrected chi connectivity index (χ1v) is 23.5. The van der Waals surface area contributed by atoms with Crippen molar-refractivity contribution in [1.82, 2.24) is 34.1 Å². The highest BCUT2D eigenvalue weighted by Crippen LogP contribution is 2.35. The molecule has 0 spiro atoms. The number of carbonyl (C=O) groups is 3. The number of imide groups is 1. The summed E-state index contributed by atoms with van der Waals surface area (Å²) in [6.07, 6.45) is 8.61.